The highest BCUT2D eigenvalue weighted by Gasteiger charge is 2.44. The number of carbonyl (C=O) groups excluding carboxylic acids is 1. The number of hydrogen-bond donors (Lipinski definition) is 8. The van der Waals surface area contributed by atoms with Crippen LogP contribution < -0.4 is 5.32 Å². The van der Waals surface area contributed by atoms with E-state index in [1.54, 1.807) is 0 Å². The Balaban J connectivity index is 2.16. The van der Waals surface area contributed by atoms with Crippen LogP contribution in [0, 0.1) is 0 Å². The average molecular weight is 830 g/mol. The largest absolute Gasteiger partial charge is 0.394 e. The molecule has 1 aliphatic heterocycles. The summed E-state index contributed by atoms with van der Waals surface area (Å²) >= 11 is 0. The molecule has 0 saturated carbocycles. The number of allylic oxidation sites excluding steroid dienone is 2. The van der Waals surface area contributed by atoms with Crippen molar-refractivity contribution in [2.24, 2.45) is 0 Å². The van der Waals surface area contributed by atoms with Crippen LogP contribution in [0.25, 0.3) is 0 Å². The smallest absolute Gasteiger partial charge is 0.249 e. The third-order valence-electron chi connectivity index (χ3n) is 11.8. The molecule has 9 unspecified atom stereocenters. The predicted octanol–water partition coefficient (Wildman–Crippen LogP) is 8.06. The van der Waals surface area contributed by atoms with Crippen LogP contribution >= 0.6 is 0 Å². The molecule has 11 heteroatoms. The number of unbranched alkanes of at least 4 members (excludes halogenated alkanes) is 26. The second-order valence-electron chi connectivity index (χ2n) is 17.2. The number of carbonyl (C=O) groups is 1. The third kappa shape index (κ3) is 26.9. The molecule has 344 valence electrons. The monoisotopic (exact) mass is 830 g/mol. The lowest BCUT2D eigenvalue weighted by atomic mass is 9.98. The van der Waals surface area contributed by atoms with E-state index in [4.69, 9.17) is 9.47 Å². The zero-order valence-corrected chi connectivity index (χ0v) is 37.0. The molecule has 1 heterocycles. The molecule has 1 fully saturated rings. The minimum absolute atomic E-state index is 0.260. The second kappa shape index (κ2) is 37.6. The summed E-state index contributed by atoms with van der Waals surface area (Å²) in [4.78, 5) is 13.0. The highest BCUT2D eigenvalue weighted by atomic mass is 16.7. The standard InChI is InChI=1S/C47H91NO10/c1-3-5-7-9-10-11-12-13-14-15-16-17-18-19-20-21-22-23-24-25-26-27-28-29-30-31-33-35-40(51)46(56)48-38(42(52)39(50)34-32-8-6-4-2)37-57-47-45(55)44(54)43(53)41(36-49)58-47/h19-20,38-45,47,49-55H,3-18,21-37H2,1-2H3,(H,48,56)/b20-19-. The van der Waals surface area contributed by atoms with E-state index in [0.717, 1.165) is 38.5 Å². The van der Waals surface area contributed by atoms with Crippen LogP contribution in [0.15, 0.2) is 12.2 Å². The summed E-state index contributed by atoms with van der Waals surface area (Å²) in [5.41, 5.74) is 0. The molecule has 0 aromatic heterocycles. The predicted molar refractivity (Wildman–Crippen MR) is 233 cm³/mol. The van der Waals surface area contributed by atoms with Crippen molar-refractivity contribution < 1.29 is 50.0 Å². The van der Waals surface area contributed by atoms with Gasteiger partial charge in [0.1, 0.15) is 36.6 Å². The molecule has 0 aromatic carbocycles. The summed E-state index contributed by atoms with van der Waals surface area (Å²) in [6, 6.07) is -1.16. The maximum atomic E-state index is 13.0. The van der Waals surface area contributed by atoms with Crippen LogP contribution in [0.4, 0.5) is 0 Å². The maximum absolute atomic E-state index is 13.0. The number of nitrogens with one attached hydrogen (secondary N) is 1. The Morgan fingerprint density at radius 3 is 1.47 bits per heavy atom. The Kier molecular flexibility index (Phi) is 35.6. The molecule has 1 amide bonds. The van der Waals surface area contributed by atoms with Crippen molar-refractivity contribution in [3.05, 3.63) is 12.2 Å². The van der Waals surface area contributed by atoms with Gasteiger partial charge in [-0.25, -0.2) is 0 Å². The molecule has 8 N–H and O–H groups in total. The zero-order chi connectivity index (χ0) is 42.6. The number of aliphatic hydroxyl groups excluding tert-OH is 7. The normalized spacial score (nSPS) is 22.0. The zero-order valence-electron chi connectivity index (χ0n) is 37.0. The van der Waals surface area contributed by atoms with Gasteiger partial charge in [-0.2, -0.15) is 0 Å². The highest BCUT2D eigenvalue weighted by molar-refractivity contribution is 5.80. The highest BCUT2D eigenvalue weighted by Crippen LogP contribution is 2.23. The first kappa shape index (κ1) is 54.9. The summed E-state index contributed by atoms with van der Waals surface area (Å²) in [6.07, 6.45) is 29.4. The summed E-state index contributed by atoms with van der Waals surface area (Å²) in [5, 5.41) is 74.9. The Morgan fingerprint density at radius 2 is 1.00 bits per heavy atom. The summed E-state index contributed by atoms with van der Waals surface area (Å²) in [6.45, 7) is 3.30. The van der Waals surface area contributed by atoms with Gasteiger partial charge in [0.25, 0.3) is 0 Å². The first-order valence-corrected chi connectivity index (χ1v) is 24.1. The second-order valence-corrected chi connectivity index (χ2v) is 17.2. The summed E-state index contributed by atoms with van der Waals surface area (Å²) in [5.74, 6) is -0.703. The van der Waals surface area contributed by atoms with Gasteiger partial charge < -0.3 is 50.5 Å². The Morgan fingerprint density at radius 1 is 0.586 bits per heavy atom. The van der Waals surface area contributed by atoms with Crippen molar-refractivity contribution in [1.29, 1.82) is 0 Å². The van der Waals surface area contributed by atoms with E-state index >= 15 is 0 Å². The molecular formula is C47H91NO10. The molecular weight excluding hydrogens is 739 g/mol. The van der Waals surface area contributed by atoms with Gasteiger partial charge in [-0.05, 0) is 38.5 Å². The molecule has 0 aromatic rings. The van der Waals surface area contributed by atoms with Crippen LogP contribution in [0.1, 0.15) is 213 Å². The topological polar surface area (TPSA) is 189 Å². The third-order valence-corrected chi connectivity index (χ3v) is 11.8. The molecule has 0 bridgehead atoms. The van der Waals surface area contributed by atoms with Gasteiger partial charge in [-0.15, -0.1) is 0 Å². The molecule has 1 rings (SSSR count). The van der Waals surface area contributed by atoms with Gasteiger partial charge in [-0.3, -0.25) is 4.79 Å². The van der Waals surface area contributed by atoms with Gasteiger partial charge in [0, 0.05) is 0 Å². The number of amides is 1. The van der Waals surface area contributed by atoms with Gasteiger partial charge >= 0.3 is 0 Å². The first-order valence-electron chi connectivity index (χ1n) is 24.1. The number of rotatable bonds is 40. The molecule has 1 saturated heterocycles. The van der Waals surface area contributed by atoms with Crippen molar-refractivity contribution in [3.63, 3.8) is 0 Å². The molecule has 0 spiro atoms. The Bertz CT molecular complexity index is 954. The Hall–Kier alpha value is -1.15. The van der Waals surface area contributed by atoms with E-state index < -0.39 is 74.2 Å². The molecule has 0 radical (unpaired) electrons. The van der Waals surface area contributed by atoms with Crippen molar-refractivity contribution in [3.8, 4) is 0 Å². The molecule has 0 aliphatic carbocycles. The fraction of sp³-hybridized carbons (Fsp3) is 0.936. The average Bonchev–Trinajstić information content (AvgIpc) is 3.22. The lowest BCUT2D eigenvalue weighted by Gasteiger charge is -2.40. The minimum Gasteiger partial charge on any atom is -0.394 e. The van der Waals surface area contributed by atoms with Crippen LogP contribution in [0.5, 0.6) is 0 Å². The van der Waals surface area contributed by atoms with Crippen LogP contribution in [-0.2, 0) is 14.3 Å². The first-order chi connectivity index (χ1) is 28.2. The van der Waals surface area contributed by atoms with Gasteiger partial charge in [0.05, 0.1) is 25.4 Å². The Labute approximate surface area is 353 Å². The number of hydrogen-bond acceptors (Lipinski definition) is 10. The van der Waals surface area contributed by atoms with E-state index in [0.29, 0.717) is 19.3 Å². The number of ether oxygens (including phenoxy) is 2. The van der Waals surface area contributed by atoms with Crippen LogP contribution in [0.2, 0.25) is 0 Å². The van der Waals surface area contributed by atoms with Crippen LogP contribution in [-0.4, -0.2) is 110 Å². The molecule has 58 heavy (non-hydrogen) atoms. The quantitative estimate of drug-likeness (QED) is 0.0222. The molecule has 9 atom stereocenters. The van der Waals surface area contributed by atoms with Crippen LogP contribution in [0.3, 0.4) is 0 Å². The van der Waals surface area contributed by atoms with Gasteiger partial charge in [0.2, 0.25) is 5.91 Å². The van der Waals surface area contributed by atoms with Crippen molar-refractivity contribution in [1.82, 2.24) is 5.32 Å². The fourth-order valence-corrected chi connectivity index (χ4v) is 7.79. The van der Waals surface area contributed by atoms with E-state index in [9.17, 15) is 40.5 Å². The fourth-order valence-electron chi connectivity index (χ4n) is 7.79. The minimum atomic E-state index is -1.66. The van der Waals surface area contributed by atoms with E-state index in [1.807, 2.05) is 0 Å². The van der Waals surface area contributed by atoms with E-state index in [2.05, 4.69) is 31.3 Å². The lowest BCUT2D eigenvalue weighted by molar-refractivity contribution is -0.303. The lowest BCUT2D eigenvalue weighted by Crippen LogP contribution is -2.60. The van der Waals surface area contributed by atoms with Crippen molar-refractivity contribution in [2.75, 3.05) is 13.2 Å². The van der Waals surface area contributed by atoms with E-state index in [1.165, 1.54) is 135 Å². The maximum Gasteiger partial charge on any atom is 0.249 e. The SMILES string of the molecule is CCCCCCCCCCCCCC/C=C\CCCCCCCCCCCCCC(O)C(=O)NC(COC1OC(CO)C(O)C(O)C1O)C(O)C(O)CCCCCC. The molecule has 1 aliphatic rings. The van der Waals surface area contributed by atoms with Gasteiger partial charge in [0.15, 0.2) is 6.29 Å². The van der Waals surface area contributed by atoms with Crippen molar-refractivity contribution >= 4 is 5.91 Å². The van der Waals surface area contributed by atoms with E-state index in [-0.39, 0.29) is 6.42 Å². The van der Waals surface area contributed by atoms with Gasteiger partial charge in [-0.1, -0.05) is 187 Å². The summed E-state index contributed by atoms with van der Waals surface area (Å²) < 4.78 is 11.0. The summed E-state index contributed by atoms with van der Waals surface area (Å²) in [7, 11) is 0. The number of aliphatic hydroxyl groups is 7. The molecule has 11 nitrogen and oxygen atoms in total. The van der Waals surface area contributed by atoms with Crippen molar-refractivity contribution in [2.45, 2.75) is 268 Å².